The molecule has 0 aromatic heterocycles. The Morgan fingerprint density at radius 3 is 2.27 bits per heavy atom. The van der Waals surface area contributed by atoms with Crippen molar-refractivity contribution in [1.29, 1.82) is 0 Å². The number of aryl methyl sites for hydroxylation is 1. The Labute approximate surface area is 128 Å². The summed E-state index contributed by atoms with van der Waals surface area (Å²) in [6.07, 6.45) is 0. The van der Waals surface area contributed by atoms with Gasteiger partial charge in [0.2, 0.25) is 0 Å². The van der Waals surface area contributed by atoms with Gasteiger partial charge < -0.3 is 10.4 Å². The van der Waals surface area contributed by atoms with Gasteiger partial charge in [-0.25, -0.2) is 0 Å². The first-order valence-electron chi connectivity index (χ1n) is 6.98. The van der Waals surface area contributed by atoms with E-state index in [1.54, 1.807) is 12.1 Å². The van der Waals surface area contributed by atoms with Crippen molar-refractivity contribution >= 4 is 17.4 Å². The maximum Gasteiger partial charge on any atom is 0.293 e. The molecule has 110 valence electrons. The Morgan fingerprint density at radius 1 is 1.00 bits per heavy atom. The lowest BCUT2D eigenvalue weighted by Gasteiger charge is -2.13. The van der Waals surface area contributed by atoms with Gasteiger partial charge in [0.1, 0.15) is 5.76 Å². The third-order valence-corrected chi connectivity index (χ3v) is 3.73. The molecule has 0 radical (unpaired) electrons. The molecule has 2 N–H and O–H groups in total. The van der Waals surface area contributed by atoms with E-state index in [1.165, 1.54) is 0 Å². The van der Waals surface area contributed by atoms with Gasteiger partial charge in [-0.3, -0.25) is 9.59 Å². The molecular formula is C18H15NO3. The van der Waals surface area contributed by atoms with Crippen LogP contribution >= 0.6 is 0 Å². The van der Waals surface area contributed by atoms with E-state index in [0.717, 1.165) is 11.1 Å². The van der Waals surface area contributed by atoms with Crippen LogP contribution in [0.2, 0.25) is 0 Å². The summed E-state index contributed by atoms with van der Waals surface area (Å²) in [5.41, 5.74) is 2.43. The van der Waals surface area contributed by atoms with Crippen molar-refractivity contribution in [2.45, 2.75) is 13.0 Å². The normalized spacial score (nSPS) is 20.0. The molecule has 3 rings (SSSR count). The number of aliphatic hydroxyl groups excluding tert-OH is 1. The third-order valence-electron chi connectivity index (χ3n) is 3.73. The fraction of sp³-hybridized carbons (Fsp3) is 0.111. The summed E-state index contributed by atoms with van der Waals surface area (Å²) in [6, 6.07) is 15.7. The zero-order valence-corrected chi connectivity index (χ0v) is 12.0. The smallest absolute Gasteiger partial charge is 0.293 e. The topological polar surface area (TPSA) is 66.4 Å². The minimum atomic E-state index is -0.692. The third kappa shape index (κ3) is 2.39. The van der Waals surface area contributed by atoms with Crippen molar-refractivity contribution in [3.8, 4) is 0 Å². The average molecular weight is 293 g/mol. The predicted octanol–water partition coefficient (Wildman–Crippen LogP) is 2.70. The van der Waals surface area contributed by atoms with Crippen molar-refractivity contribution in [2.24, 2.45) is 0 Å². The molecule has 0 saturated carbocycles. The van der Waals surface area contributed by atoms with Crippen LogP contribution in [0.3, 0.4) is 0 Å². The molecule has 0 unspecified atom stereocenters. The Balaban J connectivity index is 2.11. The van der Waals surface area contributed by atoms with E-state index in [9.17, 15) is 14.7 Å². The molecule has 4 heteroatoms. The minimum absolute atomic E-state index is 0.0973. The number of amides is 1. The van der Waals surface area contributed by atoms with Gasteiger partial charge in [0.15, 0.2) is 0 Å². The molecule has 1 fully saturated rings. The molecule has 0 bridgehead atoms. The van der Waals surface area contributed by atoms with E-state index in [4.69, 9.17) is 0 Å². The quantitative estimate of drug-likeness (QED) is 0.508. The summed E-state index contributed by atoms with van der Waals surface area (Å²) in [5.74, 6) is -1.54. The highest BCUT2D eigenvalue weighted by atomic mass is 16.3. The Morgan fingerprint density at radius 2 is 1.64 bits per heavy atom. The number of Topliss-reactive ketones (excluding diaryl/α,β-unsaturated/α-hetero) is 1. The number of rotatable bonds is 2. The second-order valence-electron chi connectivity index (χ2n) is 5.27. The van der Waals surface area contributed by atoms with E-state index in [0.29, 0.717) is 5.56 Å². The number of carbonyl (C=O) groups excluding carboxylic acids is 2. The fourth-order valence-electron chi connectivity index (χ4n) is 2.53. The molecule has 22 heavy (non-hydrogen) atoms. The predicted molar refractivity (Wildman–Crippen MR) is 83.1 cm³/mol. The second kappa shape index (κ2) is 5.48. The van der Waals surface area contributed by atoms with Crippen LogP contribution in [0.25, 0.3) is 5.76 Å². The SMILES string of the molecule is Cc1ccc(/C(O)=C2\C(=O)C(=O)N[C@@H]2c2ccccc2)cc1. The lowest BCUT2D eigenvalue weighted by molar-refractivity contribution is -0.133. The second-order valence-corrected chi connectivity index (χ2v) is 5.27. The maximum atomic E-state index is 12.1. The van der Waals surface area contributed by atoms with Crippen molar-refractivity contribution < 1.29 is 14.7 Å². The molecule has 0 spiro atoms. The zero-order valence-electron chi connectivity index (χ0n) is 12.0. The summed E-state index contributed by atoms with van der Waals surface area (Å²) >= 11 is 0. The summed E-state index contributed by atoms with van der Waals surface area (Å²) in [4.78, 5) is 23.9. The highest BCUT2D eigenvalue weighted by Gasteiger charge is 2.39. The average Bonchev–Trinajstić information content (AvgIpc) is 2.84. The monoisotopic (exact) mass is 293 g/mol. The van der Waals surface area contributed by atoms with E-state index in [-0.39, 0.29) is 11.3 Å². The van der Waals surface area contributed by atoms with E-state index < -0.39 is 17.7 Å². The minimum Gasteiger partial charge on any atom is -0.507 e. The van der Waals surface area contributed by atoms with Crippen LogP contribution in [0.1, 0.15) is 22.7 Å². The zero-order chi connectivity index (χ0) is 15.7. The molecule has 1 aliphatic rings. The van der Waals surface area contributed by atoms with Crippen LogP contribution in [-0.4, -0.2) is 16.8 Å². The molecule has 1 aliphatic heterocycles. The van der Waals surface area contributed by atoms with Gasteiger partial charge in [-0.05, 0) is 12.5 Å². The number of carbonyl (C=O) groups is 2. The summed E-state index contributed by atoms with van der Waals surface area (Å²) in [6.45, 7) is 1.94. The van der Waals surface area contributed by atoms with E-state index in [2.05, 4.69) is 5.32 Å². The first-order valence-corrected chi connectivity index (χ1v) is 6.98. The van der Waals surface area contributed by atoms with Crippen molar-refractivity contribution in [3.63, 3.8) is 0 Å². The lowest BCUT2D eigenvalue weighted by atomic mass is 9.96. The van der Waals surface area contributed by atoms with Crippen LogP contribution in [0, 0.1) is 6.92 Å². The molecule has 2 aromatic rings. The number of benzene rings is 2. The van der Waals surface area contributed by atoms with Gasteiger partial charge in [0.25, 0.3) is 11.7 Å². The standard InChI is InChI=1S/C18H15NO3/c1-11-7-9-13(10-8-11)16(20)14-15(19-18(22)17(14)21)12-5-3-2-4-6-12/h2-10,15,20H,1H3,(H,19,22)/b16-14+/t15-/m1/s1. The maximum absolute atomic E-state index is 12.1. The van der Waals surface area contributed by atoms with Gasteiger partial charge in [-0.15, -0.1) is 0 Å². The van der Waals surface area contributed by atoms with Crippen molar-refractivity contribution in [1.82, 2.24) is 5.32 Å². The van der Waals surface area contributed by atoms with E-state index >= 15 is 0 Å². The molecule has 4 nitrogen and oxygen atoms in total. The number of nitrogens with one attached hydrogen (secondary N) is 1. The number of hydrogen-bond donors (Lipinski definition) is 2. The molecule has 0 aliphatic carbocycles. The van der Waals surface area contributed by atoms with Crippen LogP contribution in [0.4, 0.5) is 0 Å². The summed E-state index contributed by atoms with van der Waals surface area (Å²) in [5, 5.41) is 13.1. The summed E-state index contributed by atoms with van der Waals surface area (Å²) in [7, 11) is 0. The molecule has 1 amide bonds. The van der Waals surface area contributed by atoms with Crippen molar-refractivity contribution in [2.75, 3.05) is 0 Å². The van der Waals surface area contributed by atoms with E-state index in [1.807, 2.05) is 49.4 Å². The van der Waals surface area contributed by atoms with Crippen LogP contribution in [0.15, 0.2) is 60.2 Å². The molecular weight excluding hydrogens is 278 g/mol. The first kappa shape index (κ1) is 14.1. The molecule has 1 saturated heterocycles. The first-order chi connectivity index (χ1) is 10.6. The molecule has 1 heterocycles. The number of ketones is 1. The van der Waals surface area contributed by atoms with Crippen LogP contribution in [-0.2, 0) is 9.59 Å². The Hall–Kier alpha value is -2.88. The lowest BCUT2D eigenvalue weighted by Crippen LogP contribution is -2.21. The largest absolute Gasteiger partial charge is 0.507 e. The highest BCUT2D eigenvalue weighted by Crippen LogP contribution is 2.32. The molecule has 2 aromatic carbocycles. The van der Waals surface area contributed by atoms with Gasteiger partial charge in [0.05, 0.1) is 11.6 Å². The van der Waals surface area contributed by atoms with Crippen LogP contribution < -0.4 is 5.32 Å². The molecule has 1 atom stereocenters. The van der Waals surface area contributed by atoms with Gasteiger partial charge in [0, 0.05) is 5.56 Å². The fourth-order valence-corrected chi connectivity index (χ4v) is 2.53. The Bertz CT molecular complexity index is 761. The van der Waals surface area contributed by atoms with Crippen LogP contribution in [0.5, 0.6) is 0 Å². The van der Waals surface area contributed by atoms with Gasteiger partial charge in [-0.1, -0.05) is 60.2 Å². The van der Waals surface area contributed by atoms with Gasteiger partial charge in [-0.2, -0.15) is 0 Å². The van der Waals surface area contributed by atoms with Crippen molar-refractivity contribution in [3.05, 3.63) is 76.9 Å². The summed E-state index contributed by atoms with van der Waals surface area (Å²) < 4.78 is 0. The van der Waals surface area contributed by atoms with Gasteiger partial charge >= 0.3 is 0 Å². The Kier molecular flexibility index (Phi) is 3.51. The number of aliphatic hydroxyl groups is 1. The number of hydrogen-bond acceptors (Lipinski definition) is 3. The highest BCUT2D eigenvalue weighted by molar-refractivity contribution is 6.46.